The first kappa shape index (κ1) is 15.0. The van der Waals surface area contributed by atoms with Crippen molar-refractivity contribution in [3.8, 4) is 0 Å². The van der Waals surface area contributed by atoms with E-state index in [1.807, 2.05) is 4.90 Å². The quantitative estimate of drug-likeness (QED) is 0.903. The third kappa shape index (κ3) is 2.12. The summed E-state index contributed by atoms with van der Waals surface area (Å²) in [6.07, 6.45) is 0.930. The zero-order valence-electron chi connectivity index (χ0n) is 13.5. The van der Waals surface area contributed by atoms with E-state index in [1.54, 1.807) is 0 Å². The van der Waals surface area contributed by atoms with Gasteiger partial charge >= 0.3 is 0 Å². The van der Waals surface area contributed by atoms with Crippen LogP contribution in [0.25, 0.3) is 10.8 Å². The van der Waals surface area contributed by atoms with E-state index in [-0.39, 0.29) is 11.3 Å². The molecule has 0 unspecified atom stereocenters. The minimum absolute atomic E-state index is 0.280. The summed E-state index contributed by atoms with van der Waals surface area (Å²) in [5.74, 6) is 0.647. The standard InChI is InChI=1S/C19H24N2O/c1-3-21(4-2)18(22)19(12-15(19)13-20)17-11-7-9-14-8-5-6-10-16(14)17/h5-11,15H,3-4,12-13,20H2,1-2H3/p+1/t15-,19-/m1/s1. The first-order valence-corrected chi connectivity index (χ1v) is 8.25. The Bertz CT molecular complexity index is 687. The number of hydrogen-bond acceptors (Lipinski definition) is 1. The zero-order valence-corrected chi connectivity index (χ0v) is 13.5. The van der Waals surface area contributed by atoms with Crippen LogP contribution in [0.3, 0.4) is 0 Å². The van der Waals surface area contributed by atoms with Crippen molar-refractivity contribution in [3.63, 3.8) is 0 Å². The molecule has 3 heteroatoms. The van der Waals surface area contributed by atoms with E-state index in [0.29, 0.717) is 5.92 Å². The summed E-state index contributed by atoms with van der Waals surface area (Å²) in [5.41, 5.74) is 4.91. The molecule has 3 N–H and O–H groups in total. The van der Waals surface area contributed by atoms with Gasteiger partial charge in [0.15, 0.2) is 0 Å². The maximum atomic E-state index is 13.2. The van der Waals surface area contributed by atoms with Crippen LogP contribution in [0.5, 0.6) is 0 Å². The number of hydrogen-bond donors (Lipinski definition) is 1. The first-order chi connectivity index (χ1) is 10.7. The van der Waals surface area contributed by atoms with Crippen LogP contribution >= 0.6 is 0 Å². The molecule has 2 atom stereocenters. The van der Waals surface area contributed by atoms with E-state index in [9.17, 15) is 4.79 Å². The van der Waals surface area contributed by atoms with Gasteiger partial charge in [-0.25, -0.2) is 0 Å². The highest BCUT2D eigenvalue weighted by Crippen LogP contribution is 2.56. The number of benzene rings is 2. The third-order valence-corrected chi connectivity index (χ3v) is 5.16. The van der Waals surface area contributed by atoms with Gasteiger partial charge in [-0.3, -0.25) is 4.79 Å². The Morgan fingerprint density at radius 1 is 1.18 bits per heavy atom. The van der Waals surface area contributed by atoms with Gasteiger partial charge in [0.05, 0.1) is 12.0 Å². The van der Waals surface area contributed by atoms with Gasteiger partial charge in [0.1, 0.15) is 0 Å². The van der Waals surface area contributed by atoms with E-state index in [2.05, 4.69) is 62.0 Å². The lowest BCUT2D eigenvalue weighted by Crippen LogP contribution is -2.53. The van der Waals surface area contributed by atoms with Crippen LogP contribution in [0.4, 0.5) is 0 Å². The molecule has 2 aromatic rings. The summed E-state index contributed by atoms with van der Waals surface area (Å²) in [4.78, 5) is 15.2. The number of carbonyl (C=O) groups is 1. The van der Waals surface area contributed by atoms with Gasteiger partial charge in [-0.05, 0) is 36.6 Å². The second-order valence-electron chi connectivity index (χ2n) is 6.17. The smallest absolute Gasteiger partial charge is 0.233 e. The second-order valence-corrected chi connectivity index (χ2v) is 6.17. The number of nitrogens with zero attached hydrogens (tertiary/aromatic N) is 1. The van der Waals surface area contributed by atoms with E-state index < -0.39 is 0 Å². The normalized spacial score (nSPS) is 23.5. The third-order valence-electron chi connectivity index (χ3n) is 5.16. The highest BCUT2D eigenvalue weighted by Gasteiger charge is 2.62. The Labute approximate surface area is 132 Å². The Balaban J connectivity index is 2.14. The predicted molar refractivity (Wildman–Crippen MR) is 89.4 cm³/mol. The van der Waals surface area contributed by atoms with Gasteiger partial charge in [-0.2, -0.15) is 0 Å². The number of amides is 1. The second kappa shape index (κ2) is 5.73. The molecule has 1 amide bonds. The van der Waals surface area contributed by atoms with Crippen molar-refractivity contribution in [2.24, 2.45) is 5.92 Å². The lowest BCUT2D eigenvalue weighted by molar-refractivity contribution is -0.373. The van der Waals surface area contributed by atoms with Crippen molar-refractivity contribution in [1.82, 2.24) is 4.90 Å². The molecule has 3 nitrogen and oxygen atoms in total. The predicted octanol–water partition coefficient (Wildman–Crippen LogP) is 2.21. The minimum atomic E-state index is -0.353. The van der Waals surface area contributed by atoms with Crippen LogP contribution in [-0.2, 0) is 10.2 Å². The zero-order chi connectivity index (χ0) is 15.7. The van der Waals surface area contributed by atoms with Crippen LogP contribution < -0.4 is 5.73 Å². The molecule has 22 heavy (non-hydrogen) atoms. The SMILES string of the molecule is CCN(CC)C(=O)[C@]1(c2cccc3ccccc23)C[C@@H]1C[NH3+]. The van der Waals surface area contributed by atoms with E-state index >= 15 is 0 Å². The van der Waals surface area contributed by atoms with Gasteiger partial charge in [-0.1, -0.05) is 42.5 Å². The van der Waals surface area contributed by atoms with Crippen molar-refractivity contribution in [3.05, 3.63) is 48.0 Å². The average Bonchev–Trinajstić information content (AvgIpc) is 3.31. The number of likely N-dealkylation sites (N-methyl/N-ethyl adjacent to an activating group) is 1. The van der Waals surface area contributed by atoms with Crippen molar-refractivity contribution in [2.45, 2.75) is 25.7 Å². The van der Waals surface area contributed by atoms with E-state index in [1.165, 1.54) is 16.3 Å². The van der Waals surface area contributed by atoms with Crippen molar-refractivity contribution < 1.29 is 10.5 Å². The molecule has 0 aliphatic heterocycles. The molecule has 0 aromatic heterocycles. The van der Waals surface area contributed by atoms with Gasteiger partial charge in [0.25, 0.3) is 0 Å². The highest BCUT2D eigenvalue weighted by atomic mass is 16.2. The van der Waals surface area contributed by atoms with Gasteiger partial charge in [0, 0.05) is 19.0 Å². The number of carbonyl (C=O) groups excluding carboxylic acids is 1. The first-order valence-electron chi connectivity index (χ1n) is 8.25. The molecule has 0 bridgehead atoms. The maximum absolute atomic E-state index is 13.2. The van der Waals surface area contributed by atoms with Gasteiger partial charge < -0.3 is 10.6 Å². The molecule has 1 aliphatic carbocycles. The largest absolute Gasteiger partial charge is 0.357 e. The van der Waals surface area contributed by atoms with Crippen LogP contribution in [0.15, 0.2) is 42.5 Å². The molecule has 2 aromatic carbocycles. The molecular formula is C19H25N2O+. The molecule has 0 spiro atoms. The van der Waals surface area contributed by atoms with Gasteiger partial charge in [0.2, 0.25) is 5.91 Å². The lowest BCUT2D eigenvalue weighted by Gasteiger charge is -2.27. The fourth-order valence-electron chi connectivity index (χ4n) is 3.79. The molecule has 0 radical (unpaired) electrons. The minimum Gasteiger partial charge on any atom is -0.357 e. The molecular weight excluding hydrogens is 272 g/mol. The van der Waals surface area contributed by atoms with Crippen molar-refractivity contribution in [1.29, 1.82) is 0 Å². The lowest BCUT2D eigenvalue weighted by atomic mass is 9.87. The monoisotopic (exact) mass is 297 g/mol. The number of quaternary nitrogens is 1. The van der Waals surface area contributed by atoms with Crippen molar-refractivity contribution in [2.75, 3.05) is 19.6 Å². The summed E-state index contributed by atoms with van der Waals surface area (Å²) in [7, 11) is 0. The maximum Gasteiger partial charge on any atom is 0.233 e. The number of rotatable bonds is 5. The molecule has 0 saturated heterocycles. The summed E-state index contributed by atoms with van der Waals surface area (Å²) in [5, 5.41) is 2.42. The van der Waals surface area contributed by atoms with Gasteiger partial charge in [-0.15, -0.1) is 0 Å². The Kier molecular flexibility index (Phi) is 3.92. The molecule has 116 valence electrons. The average molecular weight is 297 g/mol. The van der Waals surface area contributed by atoms with Crippen LogP contribution in [0.1, 0.15) is 25.8 Å². The molecule has 1 aliphatic rings. The van der Waals surface area contributed by atoms with Crippen LogP contribution in [0.2, 0.25) is 0 Å². The fraction of sp³-hybridized carbons (Fsp3) is 0.421. The Hall–Kier alpha value is -1.87. The molecule has 0 heterocycles. The van der Waals surface area contributed by atoms with Crippen LogP contribution in [0, 0.1) is 5.92 Å². The fourth-order valence-corrected chi connectivity index (χ4v) is 3.79. The number of fused-ring (bicyclic) bond motifs is 1. The Morgan fingerprint density at radius 2 is 1.86 bits per heavy atom. The summed E-state index contributed by atoms with van der Waals surface area (Å²) in [6, 6.07) is 14.7. The Morgan fingerprint density at radius 3 is 2.50 bits per heavy atom. The molecule has 1 fully saturated rings. The highest BCUT2D eigenvalue weighted by molar-refractivity contribution is 5.98. The van der Waals surface area contributed by atoms with Crippen molar-refractivity contribution >= 4 is 16.7 Å². The summed E-state index contributed by atoms with van der Waals surface area (Å²) < 4.78 is 0. The molecule has 1 saturated carbocycles. The summed E-state index contributed by atoms with van der Waals surface area (Å²) >= 11 is 0. The molecule has 3 rings (SSSR count). The van der Waals surface area contributed by atoms with E-state index in [0.717, 1.165) is 26.1 Å². The summed E-state index contributed by atoms with van der Waals surface area (Å²) in [6.45, 7) is 6.47. The van der Waals surface area contributed by atoms with E-state index in [4.69, 9.17) is 0 Å². The van der Waals surface area contributed by atoms with Crippen LogP contribution in [-0.4, -0.2) is 30.4 Å². The topological polar surface area (TPSA) is 48.0 Å².